The number of hydrogen-bond donors (Lipinski definition) is 1. The Balaban J connectivity index is 2.48. The summed E-state index contributed by atoms with van der Waals surface area (Å²) in [6, 6.07) is 6.88. The number of rotatable bonds is 0. The second kappa shape index (κ2) is 2.60. The van der Waals surface area contributed by atoms with E-state index in [0.717, 1.165) is 6.42 Å². The molecule has 2 rings (SSSR count). The van der Waals surface area contributed by atoms with E-state index in [4.69, 9.17) is 5.73 Å². The first-order valence-electron chi connectivity index (χ1n) is 4.53. The molecular weight excluding hydrogens is 146 g/mol. The van der Waals surface area contributed by atoms with Crippen molar-refractivity contribution in [1.82, 2.24) is 0 Å². The molecule has 0 radical (unpaired) electrons. The standard InChI is InChI=1S/C11H15N/c1-7-3-4-9-6-8(2)11(12)10(9)5-7/h3-5,8,11H,6,12H2,1-2H3. The van der Waals surface area contributed by atoms with Gasteiger partial charge in [0.2, 0.25) is 0 Å². The third kappa shape index (κ3) is 1.05. The molecule has 0 aromatic heterocycles. The Morgan fingerprint density at radius 2 is 2.17 bits per heavy atom. The first kappa shape index (κ1) is 7.81. The van der Waals surface area contributed by atoms with E-state index in [1.807, 2.05) is 0 Å². The Morgan fingerprint density at radius 1 is 1.42 bits per heavy atom. The second-order valence-corrected chi connectivity index (χ2v) is 3.91. The highest BCUT2D eigenvalue weighted by atomic mass is 14.7. The van der Waals surface area contributed by atoms with Crippen molar-refractivity contribution in [3.05, 3.63) is 34.9 Å². The maximum absolute atomic E-state index is 6.06. The van der Waals surface area contributed by atoms with Crippen molar-refractivity contribution in [2.45, 2.75) is 26.3 Å². The predicted molar refractivity (Wildman–Crippen MR) is 51.0 cm³/mol. The van der Waals surface area contributed by atoms with Crippen LogP contribution in [-0.4, -0.2) is 0 Å². The van der Waals surface area contributed by atoms with Gasteiger partial charge in [-0.05, 0) is 30.4 Å². The van der Waals surface area contributed by atoms with Gasteiger partial charge in [-0.15, -0.1) is 0 Å². The number of hydrogen-bond acceptors (Lipinski definition) is 1. The average molecular weight is 161 g/mol. The van der Waals surface area contributed by atoms with E-state index < -0.39 is 0 Å². The molecule has 1 aromatic rings. The summed E-state index contributed by atoms with van der Waals surface area (Å²) in [6.45, 7) is 4.34. The molecule has 0 aliphatic heterocycles. The summed E-state index contributed by atoms with van der Waals surface area (Å²) in [6.07, 6.45) is 1.15. The molecule has 2 N–H and O–H groups in total. The van der Waals surface area contributed by atoms with E-state index in [1.54, 1.807) is 0 Å². The van der Waals surface area contributed by atoms with Gasteiger partial charge in [0, 0.05) is 6.04 Å². The third-order valence-corrected chi connectivity index (χ3v) is 2.82. The lowest BCUT2D eigenvalue weighted by Crippen LogP contribution is -2.13. The summed E-state index contributed by atoms with van der Waals surface area (Å²) < 4.78 is 0. The molecule has 0 fully saturated rings. The van der Waals surface area contributed by atoms with Crippen LogP contribution >= 0.6 is 0 Å². The minimum atomic E-state index is 0.264. The topological polar surface area (TPSA) is 26.0 Å². The van der Waals surface area contributed by atoms with Gasteiger partial charge >= 0.3 is 0 Å². The summed E-state index contributed by atoms with van der Waals surface area (Å²) in [7, 11) is 0. The number of fused-ring (bicyclic) bond motifs is 1. The minimum Gasteiger partial charge on any atom is -0.324 e. The quantitative estimate of drug-likeness (QED) is 0.620. The van der Waals surface area contributed by atoms with Crippen molar-refractivity contribution in [1.29, 1.82) is 0 Å². The maximum atomic E-state index is 6.06. The largest absolute Gasteiger partial charge is 0.324 e. The highest BCUT2D eigenvalue weighted by molar-refractivity contribution is 5.38. The number of benzene rings is 1. The molecule has 0 heterocycles. The van der Waals surface area contributed by atoms with Crippen molar-refractivity contribution in [3.8, 4) is 0 Å². The fourth-order valence-corrected chi connectivity index (χ4v) is 1.99. The lowest BCUT2D eigenvalue weighted by molar-refractivity contribution is 0.513. The molecule has 1 aliphatic carbocycles. The van der Waals surface area contributed by atoms with Crippen LogP contribution in [0.5, 0.6) is 0 Å². The van der Waals surface area contributed by atoms with E-state index in [2.05, 4.69) is 32.0 Å². The average Bonchev–Trinajstić information content (AvgIpc) is 2.31. The third-order valence-electron chi connectivity index (χ3n) is 2.82. The summed E-state index contributed by atoms with van der Waals surface area (Å²) in [5.74, 6) is 0.613. The van der Waals surface area contributed by atoms with Gasteiger partial charge < -0.3 is 5.73 Å². The van der Waals surface area contributed by atoms with Crippen molar-refractivity contribution in [3.63, 3.8) is 0 Å². The van der Waals surface area contributed by atoms with Gasteiger partial charge in [0.05, 0.1) is 0 Å². The van der Waals surface area contributed by atoms with Crippen LogP contribution in [0.15, 0.2) is 18.2 Å². The Morgan fingerprint density at radius 3 is 2.92 bits per heavy atom. The highest BCUT2D eigenvalue weighted by Crippen LogP contribution is 2.34. The lowest BCUT2D eigenvalue weighted by atomic mass is 10.0. The van der Waals surface area contributed by atoms with E-state index >= 15 is 0 Å². The zero-order valence-corrected chi connectivity index (χ0v) is 7.67. The van der Waals surface area contributed by atoms with Gasteiger partial charge in [0.15, 0.2) is 0 Å². The highest BCUT2D eigenvalue weighted by Gasteiger charge is 2.25. The van der Waals surface area contributed by atoms with Gasteiger partial charge in [-0.3, -0.25) is 0 Å². The maximum Gasteiger partial charge on any atom is 0.0326 e. The van der Waals surface area contributed by atoms with Gasteiger partial charge in [0.25, 0.3) is 0 Å². The van der Waals surface area contributed by atoms with E-state index in [0.29, 0.717) is 5.92 Å². The van der Waals surface area contributed by atoms with Gasteiger partial charge in [0.1, 0.15) is 0 Å². The zero-order valence-electron chi connectivity index (χ0n) is 7.67. The van der Waals surface area contributed by atoms with Gasteiger partial charge in [-0.25, -0.2) is 0 Å². The monoisotopic (exact) mass is 161 g/mol. The Bertz CT molecular complexity index is 304. The summed E-state index contributed by atoms with van der Waals surface area (Å²) in [5, 5.41) is 0. The Hall–Kier alpha value is -0.820. The van der Waals surface area contributed by atoms with Crippen LogP contribution in [0.1, 0.15) is 29.7 Å². The zero-order chi connectivity index (χ0) is 8.72. The number of aryl methyl sites for hydroxylation is 1. The molecule has 2 atom stereocenters. The fourth-order valence-electron chi connectivity index (χ4n) is 1.99. The van der Waals surface area contributed by atoms with E-state index in [-0.39, 0.29) is 6.04 Å². The normalized spacial score (nSPS) is 27.2. The molecule has 64 valence electrons. The van der Waals surface area contributed by atoms with Crippen LogP contribution in [0, 0.1) is 12.8 Å². The Kier molecular flexibility index (Phi) is 1.69. The van der Waals surface area contributed by atoms with Gasteiger partial charge in [-0.1, -0.05) is 30.7 Å². The summed E-state index contributed by atoms with van der Waals surface area (Å²) in [4.78, 5) is 0. The molecule has 0 amide bonds. The first-order chi connectivity index (χ1) is 5.68. The molecule has 12 heavy (non-hydrogen) atoms. The molecular formula is C11H15N. The molecule has 0 saturated heterocycles. The van der Waals surface area contributed by atoms with E-state index in [9.17, 15) is 0 Å². The molecule has 0 spiro atoms. The van der Waals surface area contributed by atoms with Crippen LogP contribution in [-0.2, 0) is 6.42 Å². The summed E-state index contributed by atoms with van der Waals surface area (Å²) >= 11 is 0. The molecule has 1 aromatic carbocycles. The van der Waals surface area contributed by atoms with Crippen LogP contribution in [0.4, 0.5) is 0 Å². The van der Waals surface area contributed by atoms with Crippen LogP contribution in [0.25, 0.3) is 0 Å². The SMILES string of the molecule is Cc1ccc2c(c1)C(N)C(C)C2. The molecule has 0 bridgehead atoms. The second-order valence-electron chi connectivity index (χ2n) is 3.91. The number of nitrogens with two attached hydrogens (primary N) is 1. The van der Waals surface area contributed by atoms with E-state index in [1.165, 1.54) is 16.7 Å². The Labute approximate surface area is 73.6 Å². The minimum absolute atomic E-state index is 0.264. The van der Waals surface area contributed by atoms with Gasteiger partial charge in [-0.2, -0.15) is 0 Å². The fraction of sp³-hybridized carbons (Fsp3) is 0.455. The van der Waals surface area contributed by atoms with Crippen molar-refractivity contribution in [2.75, 3.05) is 0 Å². The molecule has 0 saturated carbocycles. The van der Waals surface area contributed by atoms with Crippen LogP contribution < -0.4 is 5.73 Å². The molecule has 2 unspecified atom stereocenters. The smallest absolute Gasteiger partial charge is 0.0326 e. The summed E-state index contributed by atoms with van der Waals surface area (Å²) in [5.41, 5.74) is 10.2. The van der Waals surface area contributed by atoms with Crippen molar-refractivity contribution < 1.29 is 0 Å². The first-order valence-corrected chi connectivity index (χ1v) is 4.53. The molecule has 1 nitrogen and oxygen atoms in total. The predicted octanol–water partition coefficient (Wildman–Crippen LogP) is 2.19. The van der Waals surface area contributed by atoms with Crippen molar-refractivity contribution in [2.24, 2.45) is 11.7 Å². The van der Waals surface area contributed by atoms with Crippen molar-refractivity contribution >= 4 is 0 Å². The molecule has 1 heteroatoms. The molecule has 1 aliphatic rings. The van der Waals surface area contributed by atoms with Crippen LogP contribution in [0.3, 0.4) is 0 Å². The lowest BCUT2D eigenvalue weighted by Gasteiger charge is -2.09. The van der Waals surface area contributed by atoms with Crippen LogP contribution in [0.2, 0.25) is 0 Å².